The average molecular weight is 357 g/mol. The molecule has 0 heterocycles. The lowest BCUT2D eigenvalue weighted by molar-refractivity contribution is -0.143. The Morgan fingerprint density at radius 1 is 1.19 bits per heavy atom. The van der Waals surface area contributed by atoms with Gasteiger partial charge in [0, 0.05) is 12.6 Å². The molecule has 0 aromatic heterocycles. The van der Waals surface area contributed by atoms with Crippen LogP contribution in [0.2, 0.25) is 0 Å². The van der Waals surface area contributed by atoms with Gasteiger partial charge in [-0.05, 0) is 62.8 Å². The van der Waals surface area contributed by atoms with Crippen LogP contribution in [0.4, 0.5) is 0 Å². The Kier molecular flexibility index (Phi) is 8.46. The van der Waals surface area contributed by atoms with E-state index in [-0.39, 0.29) is 12.5 Å². The van der Waals surface area contributed by atoms with Crippen LogP contribution in [0.5, 0.6) is 5.75 Å². The first-order valence-electron chi connectivity index (χ1n) is 9.19. The number of ether oxygens (including phenoxy) is 2. The van der Waals surface area contributed by atoms with Crippen LogP contribution < -0.4 is 10.1 Å². The first kappa shape index (κ1) is 19.8. The highest BCUT2D eigenvalue weighted by Gasteiger charge is 2.07. The van der Waals surface area contributed by atoms with Crippen molar-refractivity contribution in [1.29, 1.82) is 0 Å². The summed E-state index contributed by atoms with van der Waals surface area (Å²) >= 11 is 0. The average Bonchev–Trinajstić information content (AvgIpc) is 2.67. The molecule has 2 rings (SSSR count). The summed E-state index contributed by atoms with van der Waals surface area (Å²) in [6, 6.07) is 7.37. The second-order valence-corrected chi connectivity index (χ2v) is 6.15. The van der Waals surface area contributed by atoms with Gasteiger partial charge in [-0.3, -0.25) is 4.79 Å². The number of hydrogen-bond donors (Lipinski definition) is 1. The van der Waals surface area contributed by atoms with E-state index < -0.39 is 5.97 Å². The number of carbonyl (C=O) groups is 2. The van der Waals surface area contributed by atoms with Crippen molar-refractivity contribution in [3.8, 4) is 5.75 Å². The van der Waals surface area contributed by atoms with Crippen LogP contribution in [-0.2, 0) is 14.3 Å². The standard InChI is InChI=1S/C21H27NO4/c1-2-25-19-11-8-18(9-12-19)10-13-21(24)26-16-20(23)22-15-14-17-6-4-3-5-7-17/h6,8-13H,2-5,7,14-16H2,1H3,(H,22,23)/b13-10+. The molecule has 26 heavy (non-hydrogen) atoms. The van der Waals surface area contributed by atoms with E-state index in [1.54, 1.807) is 6.08 Å². The predicted octanol–water partition coefficient (Wildman–Crippen LogP) is 3.65. The van der Waals surface area contributed by atoms with Gasteiger partial charge in [-0.2, -0.15) is 0 Å². The summed E-state index contributed by atoms with van der Waals surface area (Å²) in [4.78, 5) is 23.4. The molecule has 0 unspecified atom stereocenters. The van der Waals surface area contributed by atoms with Crippen LogP contribution in [0.3, 0.4) is 0 Å². The highest BCUT2D eigenvalue weighted by Crippen LogP contribution is 2.19. The summed E-state index contributed by atoms with van der Waals surface area (Å²) in [5.41, 5.74) is 2.27. The lowest BCUT2D eigenvalue weighted by atomic mass is 9.97. The Hall–Kier alpha value is -2.56. The zero-order chi connectivity index (χ0) is 18.6. The van der Waals surface area contributed by atoms with E-state index in [1.807, 2.05) is 31.2 Å². The molecule has 0 atom stereocenters. The van der Waals surface area contributed by atoms with Gasteiger partial charge in [0.25, 0.3) is 5.91 Å². The number of rotatable bonds is 9. The fraction of sp³-hybridized carbons (Fsp3) is 0.429. The first-order valence-corrected chi connectivity index (χ1v) is 9.19. The van der Waals surface area contributed by atoms with E-state index in [1.165, 1.54) is 24.5 Å². The zero-order valence-corrected chi connectivity index (χ0v) is 15.3. The van der Waals surface area contributed by atoms with Gasteiger partial charge >= 0.3 is 5.97 Å². The molecule has 0 spiro atoms. The van der Waals surface area contributed by atoms with Gasteiger partial charge in [-0.25, -0.2) is 4.79 Å². The second kappa shape index (κ2) is 11.1. The SMILES string of the molecule is CCOc1ccc(/C=C/C(=O)OCC(=O)NCCC2=CCCCC2)cc1. The molecule has 140 valence electrons. The molecule has 0 aliphatic heterocycles. The minimum atomic E-state index is -0.538. The maximum Gasteiger partial charge on any atom is 0.331 e. The van der Waals surface area contributed by atoms with Crippen molar-refractivity contribution in [1.82, 2.24) is 5.32 Å². The maximum atomic E-state index is 11.7. The van der Waals surface area contributed by atoms with Crippen LogP contribution in [0, 0.1) is 0 Å². The monoisotopic (exact) mass is 357 g/mol. The lowest BCUT2D eigenvalue weighted by Gasteiger charge is -2.12. The van der Waals surface area contributed by atoms with E-state index in [4.69, 9.17) is 9.47 Å². The largest absolute Gasteiger partial charge is 0.494 e. The van der Waals surface area contributed by atoms with E-state index >= 15 is 0 Å². The van der Waals surface area contributed by atoms with Gasteiger partial charge in [-0.15, -0.1) is 0 Å². The Balaban J connectivity index is 1.64. The Morgan fingerprint density at radius 3 is 2.69 bits per heavy atom. The van der Waals surface area contributed by atoms with Gasteiger partial charge in [0.1, 0.15) is 5.75 Å². The predicted molar refractivity (Wildman–Crippen MR) is 102 cm³/mol. The molecule has 0 fully saturated rings. The maximum absolute atomic E-state index is 11.7. The highest BCUT2D eigenvalue weighted by atomic mass is 16.5. The number of esters is 1. The molecule has 0 saturated heterocycles. The van der Waals surface area contributed by atoms with E-state index in [2.05, 4.69) is 11.4 Å². The van der Waals surface area contributed by atoms with Crippen molar-refractivity contribution in [2.45, 2.75) is 39.0 Å². The minimum absolute atomic E-state index is 0.258. The normalized spacial score (nSPS) is 14.0. The first-order chi connectivity index (χ1) is 12.7. The molecule has 5 nitrogen and oxygen atoms in total. The molecule has 0 saturated carbocycles. The lowest BCUT2D eigenvalue weighted by Crippen LogP contribution is -2.29. The van der Waals surface area contributed by atoms with E-state index in [9.17, 15) is 9.59 Å². The number of benzene rings is 1. The zero-order valence-electron chi connectivity index (χ0n) is 15.3. The third-order valence-corrected chi connectivity index (χ3v) is 4.10. The fourth-order valence-corrected chi connectivity index (χ4v) is 2.74. The molecule has 1 amide bonds. The molecule has 0 radical (unpaired) electrons. The van der Waals surface area contributed by atoms with Crippen molar-refractivity contribution >= 4 is 18.0 Å². The minimum Gasteiger partial charge on any atom is -0.494 e. The molecule has 5 heteroatoms. The van der Waals surface area contributed by atoms with Crippen LogP contribution >= 0.6 is 0 Å². The van der Waals surface area contributed by atoms with Gasteiger partial charge in [0.2, 0.25) is 0 Å². The molecular formula is C21H27NO4. The van der Waals surface area contributed by atoms with Crippen LogP contribution in [-0.4, -0.2) is 31.6 Å². The Labute approximate surface area is 155 Å². The van der Waals surface area contributed by atoms with Crippen LogP contribution in [0.15, 0.2) is 42.0 Å². The number of nitrogens with one attached hydrogen (secondary N) is 1. The number of hydrogen-bond acceptors (Lipinski definition) is 4. The van der Waals surface area contributed by atoms with Crippen LogP contribution in [0.25, 0.3) is 6.08 Å². The molecule has 0 bridgehead atoms. The molecule has 1 N–H and O–H groups in total. The van der Waals surface area contributed by atoms with Crippen molar-refractivity contribution < 1.29 is 19.1 Å². The molecule has 1 aliphatic rings. The van der Waals surface area contributed by atoms with Crippen molar-refractivity contribution in [3.63, 3.8) is 0 Å². The third kappa shape index (κ3) is 7.55. The molecule has 1 aliphatic carbocycles. The summed E-state index contributed by atoms with van der Waals surface area (Å²) in [7, 11) is 0. The highest BCUT2D eigenvalue weighted by molar-refractivity contribution is 5.89. The summed E-state index contributed by atoms with van der Waals surface area (Å²) in [6.07, 6.45) is 10.9. The summed E-state index contributed by atoms with van der Waals surface area (Å²) < 4.78 is 10.3. The Morgan fingerprint density at radius 2 is 2.00 bits per heavy atom. The number of allylic oxidation sites excluding steroid dienone is 1. The Bertz CT molecular complexity index is 646. The van der Waals surface area contributed by atoms with E-state index in [0.29, 0.717) is 13.2 Å². The summed E-state index contributed by atoms with van der Waals surface area (Å²) in [5.74, 6) is -0.0267. The van der Waals surface area contributed by atoms with Crippen molar-refractivity contribution in [2.24, 2.45) is 0 Å². The van der Waals surface area contributed by atoms with Gasteiger partial charge in [0.05, 0.1) is 6.61 Å². The number of amides is 1. The molecular weight excluding hydrogens is 330 g/mol. The van der Waals surface area contributed by atoms with Crippen molar-refractivity contribution in [2.75, 3.05) is 19.8 Å². The third-order valence-electron chi connectivity index (χ3n) is 4.10. The van der Waals surface area contributed by atoms with Crippen molar-refractivity contribution in [3.05, 3.63) is 47.6 Å². The van der Waals surface area contributed by atoms with Gasteiger partial charge in [0.15, 0.2) is 6.61 Å². The van der Waals surface area contributed by atoms with Gasteiger partial charge in [-0.1, -0.05) is 23.8 Å². The molecule has 1 aromatic rings. The summed E-state index contributed by atoms with van der Waals surface area (Å²) in [6.45, 7) is 2.87. The topological polar surface area (TPSA) is 64.6 Å². The van der Waals surface area contributed by atoms with Gasteiger partial charge < -0.3 is 14.8 Å². The quantitative estimate of drug-likeness (QED) is 0.416. The van der Waals surface area contributed by atoms with E-state index in [0.717, 1.165) is 30.6 Å². The fourth-order valence-electron chi connectivity index (χ4n) is 2.74. The smallest absolute Gasteiger partial charge is 0.331 e. The molecule has 1 aromatic carbocycles. The van der Waals surface area contributed by atoms with Crippen LogP contribution in [0.1, 0.15) is 44.6 Å². The number of carbonyl (C=O) groups excluding carboxylic acids is 2. The summed E-state index contributed by atoms with van der Waals surface area (Å²) in [5, 5.41) is 2.78. The second-order valence-electron chi connectivity index (χ2n) is 6.15.